The molecule has 2 aromatic rings. The molecule has 0 saturated carbocycles. The monoisotopic (exact) mass is 397 g/mol. The van der Waals surface area contributed by atoms with Crippen molar-refractivity contribution in [3.05, 3.63) is 53.6 Å². The van der Waals surface area contributed by atoms with E-state index in [4.69, 9.17) is 9.47 Å². The quantitative estimate of drug-likeness (QED) is 0.748. The predicted octanol–water partition coefficient (Wildman–Crippen LogP) is 2.13. The molecule has 0 bridgehead atoms. The first-order chi connectivity index (χ1) is 13.9. The number of carbonyl (C=O) groups is 2. The molecule has 7 nitrogen and oxygen atoms in total. The minimum Gasteiger partial charge on any atom is -0.486 e. The SMILES string of the molecule is Cc1cccc(NC(=O)CN(C)CC(=O)NCC2COc3ccccc3O2)c1C. The number of aryl methyl sites for hydroxylation is 1. The Morgan fingerprint density at radius 1 is 1.03 bits per heavy atom. The minimum atomic E-state index is -0.244. The van der Waals surface area contributed by atoms with E-state index in [-0.39, 0.29) is 31.0 Å². The summed E-state index contributed by atoms with van der Waals surface area (Å²) in [6.07, 6.45) is -0.244. The van der Waals surface area contributed by atoms with Gasteiger partial charge < -0.3 is 20.1 Å². The zero-order chi connectivity index (χ0) is 20.8. The Hall–Kier alpha value is -3.06. The summed E-state index contributed by atoms with van der Waals surface area (Å²) in [6.45, 7) is 4.93. The number of amides is 2. The second-order valence-electron chi connectivity index (χ2n) is 7.27. The molecular weight excluding hydrogens is 370 g/mol. The van der Waals surface area contributed by atoms with Crippen molar-refractivity contribution < 1.29 is 19.1 Å². The maximum absolute atomic E-state index is 12.3. The van der Waals surface area contributed by atoms with Gasteiger partial charge in [-0.25, -0.2) is 0 Å². The van der Waals surface area contributed by atoms with Crippen LogP contribution in [0.25, 0.3) is 0 Å². The van der Waals surface area contributed by atoms with Crippen LogP contribution in [0.3, 0.4) is 0 Å². The van der Waals surface area contributed by atoms with Gasteiger partial charge in [-0.2, -0.15) is 0 Å². The molecule has 1 heterocycles. The molecule has 1 atom stereocenters. The second-order valence-corrected chi connectivity index (χ2v) is 7.27. The molecule has 1 aliphatic heterocycles. The van der Waals surface area contributed by atoms with E-state index in [2.05, 4.69) is 10.6 Å². The average molecular weight is 397 g/mol. The van der Waals surface area contributed by atoms with Crippen molar-refractivity contribution >= 4 is 17.5 Å². The van der Waals surface area contributed by atoms with Crippen LogP contribution in [0.15, 0.2) is 42.5 Å². The van der Waals surface area contributed by atoms with E-state index in [1.54, 1.807) is 11.9 Å². The number of fused-ring (bicyclic) bond motifs is 1. The van der Waals surface area contributed by atoms with Gasteiger partial charge in [0.2, 0.25) is 11.8 Å². The molecule has 1 unspecified atom stereocenters. The van der Waals surface area contributed by atoms with E-state index in [1.807, 2.05) is 56.3 Å². The van der Waals surface area contributed by atoms with Crippen molar-refractivity contribution in [3.63, 3.8) is 0 Å². The standard InChI is InChI=1S/C22H27N3O4/c1-15-7-6-8-18(16(15)2)24-22(27)13-25(3)12-21(26)23-11-17-14-28-19-9-4-5-10-20(19)29-17/h4-10,17H,11-14H2,1-3H3,(H,23,26)(H,24,27). The van der Waals surface area contributed by atoms with Crippen LogP contribution in [0.1, 0.15) is 11.1 Å². The Balaban J connectivity index is 1.40. The predicted molar refractivity (Wildman–Crippen MR) is 111 cm³/mol. The number of nitrogens with one attached hydrogen (secondary N) is 2. The van der Waals surface area contributed by atoms with Gasteiger partial charge in [-0.15, -0.1) is 0 Å². The highest BCUT2D eigenvalue weighted by Gasteiger charge is 2.21. The first kappa shape index (κ1) is 20.7. The molecule has 29 heavy (non-hydrogen) atoms. The summed E-state index contributed by atoms with van der Waals surface area (Å²) in [6, 6.07) is 13.2. The molecule has 2 N–H and O–H groups in total. The topological polar surface area (TPSA) is 79.9 Å². The fraction of sp³-hybridized carbons (Fsp3) is 0.364. The molecule has 154 valence electrons. The van der Waals surface area contributed by atoms with Gasteiger partial charge in [0, 0.05) is 5.69 Å². The molecule has 0 fully saturated rings. The summed E-state index contributed by atoms with van der Waals surface area (Å²) in [5.41, 5.74) is 2.95. The summed E-state index contributed by atoms with van der Waals surface area (Å²) in [5, 5.41) is 5.74. The number of carbonyl (C=O) groups excluding carboxylic acids is 2. The maximum Gasteiger partial charge on any atom is 0.238 e. The number of likely N-dealkylation sites (N-methyl/N-ethyl adjacent to an activating group) is 1. The molecule has 2 aromatic carbocycles. The number of rotatable bonds is 7. The molecule has 0 spiro atoms. The normalized spacial score (nSPS) is 15.1. The Kier molecular flexibility index (Phi) is 6.72. The first-order valence-electron chi connectivity index (χ1n) is 9.62. The van der Waals surface area contributed by atoms with E-state index in [9.17, 15) is 9.59 Å². The van der Waals surface area contributed by atoms with Crippen molar-refractivity contribution in [2.45, 2.75) is 20.0 Å². The second kappa shape index (κ2) is 9.43. The maximum atomic E-state index is 12.3. The van der Waals surface area contributed by atoms with Crippen molar-refractivity contribution in [2.24, 2.45) is 0 Å². The van der Waals surface area contributed by atoms with E-state index in [1.165, 1.54) is 0 Å². The lowest BCUT2D eigenvalue weighted by Crippen LogP contribution is -2.44. The summed E-state index contributed by atoms with van der Waals surface area (Å²) < 4.78 is 11.5. The summed E-state index contributed by atoms with van der Waals surface area (Å²) in [4.78, 5) is 26.1. The third-order valence-electron chi connectivity index (χ3n) is 4.80. The highest BCUT2D eigenvalue weighted by Crippen LogP contribution is 2.30. The van der Waals surface area contributed by atoms with E-state index >= 15 is 0 Å². The molecule has 3 rings (SSSR count). The van der Waals surface area contributed by atoms with Gasteiger partial charge in [0.25, 0.3) is 0 Å². The number of para-hydroxylation sites is 2. The number of hydrogen-bond acceptors (Lipinski definition) is 5. The third kappa shape index (κ3) is 5.71. The van der Waals surface area contributed by atoms with Crippen molar-refractivity contribution in [3.8, 4) is 11.5 Å². The van der Waals surface area contributed by atoms with E-state index < -0.39 is 0 Å². The van der Waals surface area contributed by atoms with Gasteiger partial charge in [0.15, 0.2) is 11.5 Å². The van der Waals surface area contributed by atoms with Crippen LogP contribution in [0, 0.1) is 13.8 Å². The van der Waals surface area contributed by atoms with E-state index in [0.29, 0.717) is 24.7 Å². The van der Waals surface area contributed by atoms with Crippen LogP contribution in [0.4, 0.5) is 5.69 Å². The van der Waals surface area contributed by atoms with Gasteiger partial charge in [0.05, 0.1) is 19.6 Å². The Morgan fingerprint density at radius 2 is 1.76 bits per heavy atom. The molecule has 7 heteroatoms. The Bertz CT molecular complexity index is 884. The van der Waals surface area contributed by atoms with Crippen molar-refractivity contribution in [2.75, 3.05) is 38.6 Å². The first-order valence-corrected chi connectivity index (χ1v) is 9.62. The highest BCUT2D eigenvalue weighted by atomic mass is 16.6. The Labute approximate surface area is 171 Å². The van der Waals surface area contributed by atoms with Crippen LogP contribution in [0.2, 0.25) is 0 Å². The van der Waals surface area contributed by atoms with Gasteiger partial charge in [-0.3, -0.25) is 14.5 Å². The zero-order valence-corrected chi connectivity index (χ0v) is 17.0. The van der Waals surface area contributed by atoms with Gasteiger partial charge in [-0.1, -0.05) is 24.3 Å². The number of benzene rings is 2. The largest absolute Gasteiger partial charge is 0.486 e. The highest BCUT2D eigenvalue weighted by molar-refractivity contribution is 5.93. The fourth-order valence-corrected chi connectivity index (χ4v) is 3.07. The average Bonchev–Trinajstić information content (AvgIpc) is 2.69. The fourth-order valence-electron chi connectivity index (χ4n) is 3.07. The minimum absolute atomic E-state index is 0.115. The smallest absolute Gasteiger partial charge is 0.238 e. The van der Waals surface area contributed by atoms with E-state index in [0.717, 1.165) is 16.8 Å². The molecule has 0 saturated heterocycles. The molecule has 2 amide bonds. The molecular formula is C22H27N3O4. The molecule has 0 aliphatic carbocycles. The summed E-state index contributed by atoms with van der Waals surface area (Å²) >= 11 is 0. The molecule has 1 aliphatic rings. The molecule has 0 radical (unpaired) electrons. The summed E-state index contributed by atoms with van der Waals surface area (Å²) in [7, 11) is 1.73. The lowest BCUT2D eigenvalue weighted by atomic mass is 10.1. The lowest BCUT2D eigenvalue weighted by molar-refractivity contribution is -0.123. The van der Waals surface area contributed by atoms with Gasteiger partial charge in [0.1, 0.15) is 12.7 Å². The zero-order valence-electron chi connectivity index (χ0n) is 17.0. The number of nitrogens with zero attached hydrogens (tertiary/aromatic N) is 1. The third-order valence-corrected chi connectivity index (χ3v) is 4.80. The van der Waals surface area contributed by atoms with Crippen molar-refractivity contribution in [1.29, 1.82) is 0 Å². The van der Waals surface area contributed by atoms with Gasteiger partial charge >= 0.3 is 0 Å². The lowest BCUT2D eigenvalue weighted by Gasteiger charge is -2.26. The summed E-state index contributed by atoms with van der Waals surface area (Å²) in [5.74, 6) is 1.06. The number of hydrogen-bond donors (Lipinski definition) is 2. The number of ether oxygens (including phenoxy) is 2. The molecule has 0 aromatic heterocycles. The van der Waals surface area contributed by atoms with Crippen LogP contribution in [0.5, 0.6) is 11.5 Å². The number of anilines is 1. The van der Waals surface area contributed by atoms with Crippen LogP contribution < -0.4 is 20.1 Å². The van der Waals surface area contributed by atoms with Crippen LogP contribution in [-0.2, 0) is 9.59 Å². The van der Waals surface area contributed by atoms with Gasteiger partial charge in [-0.05, 0) is 50.2 Å². The Morgan fingerprint density at radius 3 is 2.55 bits per heavy atom. The van der Waals surface area contributed by atoms with Crippen LogP contribution >= 0.6 is 0 Å². The van der Waals surface area contributed by atoms with Crippen molar-refractivity contribution in [1.82, 2.24) is 10.2 Å². The van der Waals surface area contributed by atoms with Crippen LogP contribution in [-0.4, -0.2) is 56.1 Å².